The average molecular weight is 330 g/mol. The van der Waals surface area contributed by atoms with Gasteiger partial charge in [-0.25, -0.2) is 0 Å². The molecule has 0 bridgehead atoms. The molecule has 5 nitrogen and oxygen atoms in total. The predicted molar refractivity (Wildman–Crippen MR) is 83.9 cm³/mol. The molecule has 0 aliphatic rings. The van der Waals surface area contributed by atoms with Crippen LogP contribution in [0.1, 0.15) is 19.4 Å². The van der Waals surface area contributed by atoms with Crippen LogP contribution in [0.4, 0.5) is 0 Å². The molecule has 1 aromatic carbocycles. The van der Waals surface area contributed by atoms with Crippen molar-refractivity contribution in [2.75, 3.05) is 20.1 Å². The molecule has 0 saturated carbocycles. The van der Waals surface area contributed by atoms with Gasteiger partial charge in [-0.2, -0.15) is 22.3 Å². The average Bonchev–Trinajstić information content (AvgIpc) is 2.46. The van der Waals surface area contributed by atoms with E-state index in [9.17, 15) is 8.42 Å². The zero-order valence-electron chi connectivity index (χ0n) is 12.5. The first-order chi connectivity index (χ1) is 9.81. The number of halogens is 1. The van der Waals surface area contributed by atoms with Crippen LogP contribution in [0.2, 0.25) is 5.02 Å². The number of hydrogen-bond donors (Lipinski definition) is 0. The molecule has 0 fully saturated rings. The summed E-state index contributed by atoms with van der Waals surface area (Å²) in [5, 5.41) is 9.46. The van der Waals surface area contributed by atoms with Crippen LogP contribution in [0.15, 0.2) is 24.3 Å². The van der Waals surface area contributed by atoms with Crippen molar-refractivity contribution in [3.63, 3.8) is 0 Å². The van der Waals surface area contributed by atoms with Gasteiger partial charge in [0.05, 0.1) is 12.0 Å². The number of nitriles is 1. The molecule has 1 aromatic rings. The van der Waals surface area contributed by atoms with E-state index in [0.29, 0.717) is 11.6 Å². The van der Waals surface area contributed by atoms with Crippen molar-refractivity contribution in [2.24, 2.45) is 5.92 Å². The molecule has 0 aromatic heterocycles. The van der Waals surface area contributed by atoms with Crippen LogP contribution in [-0.2, 0) is 16.8 Å². The summed E-state index contributed by atoms with van der Waals surface area (Å²) in [6.07, 6.45) is 0. The van der Waals surface area contributed by atoms with E-state index in [0.717, 1.165) is 5.56 Å². The van der Waals surface area contributed by atoms with Gasteiger partial charge >= 0.3 is 0 Å². The first-order valence-electron chi connectivity index (χ1n) is 6.66. The lowest BCUT2D eigenvalue weighted by Gasteiger charge is -2.27. The lowest BCUT2D eigenvalue weighted by Crippen LogP contribution is -2.43. The van der Waals surface area contributed by atoms with E-state index in [1.807, 2.05) is 0 Å². The fourth-order valence-electron chi connectivity index (χ4n) is 1.86. The molecule has 0 spiro atoms. The summed E-state index contributed by atoms with van der Waals surface area (Å²) in [4.78, 5) is 0. The Kier molecular flexibility index (Phi) is 6.62. The minimum Gasteiger partial charge on any atom is -0.198 e. The SMILES string of the molecule is CCN(CC(C)C#N)S(=O)(=O)N(C)Cc1ccc(Cl)cc1. The Hall–Kier alpha value is -1.13. The highest BCUT2D eigenvalue weighted by atomic mass is 35.5. The summed E-state index contributed by atoms with van der Waals surface area (Å²) in [5.74, 6) is -0.344. The lowest BCUT2D eigenvalue weighted by atomic mass is 10.2. The van der Waals surface area contributed by atoms with Crippen molar-refractivity contribution in [1.29, 1.82) is 5.26 Å². The van der Waals surface area contributed by atoms with Gasteiger partial charge in [-0.05, 0) is 24.6 Å². The zero-order chi connectivity index (χ0) is 16.0. The highest BCUT2D eigenvalue weighted by Gasteiger charge is 2.27. The van der Waals surface area contributed by atoms with Gasteiger partial charge < -0.3 is 0 Å². The monoisotopic (exact) mass is 329 g/mol. The van der Waals surface area contributed by atoms with Gasteiger partial charge in [0, 0.05) is 31.7 Å². The van der Waals surface area contributed by atoms with E-state index >= 15 is 0 Å². The predicted octanol–water partition coefficient (Wildman–Crippen LogP) is 2.50. The molecule has 1 unspecified atom stereocenters. The number of hydrogen-bond acceptors (Lipinski definition) is 3. The van der Waals surface area contributed by atoms with Crippen LogP contribution in [0.3, 0.4) is 0 Å². The molecule has 1 atom stereocenters. The van der Waals surface area contributed by atoms with Gasteiger partial charge in [0.2, 0.25) is 0 Å². The number of benzene rings is 1. The van der Waals surface area contributed by atoms with E-state index in [-0.39, 0.29) is 19.0 Å². The van der Waals surface area contributed by atoms with Crippen LogP contribution in [0.5, 0.6) is 0 Å². The summed E-state index contributed by atoms with van der Waals surface area (Å²) in [7, 11) is -2.05. The third kappa shape index (κ3) is 4.97. The quantitative estimate of drug-likeness (QED) is 0.772. The van der Waals surface area contributed by atoms with E-state index in [4.69, 9.17) is 16.9 Å². The maximum absolute atomic E-state index is 12.5. The topological polar surface area (TPSA) is 64.4 Å². The third-order valence-corrected chi connectivity index (χ3v) is 5.32. The summed E-state index contributed by atoms with van der Waals surface area (Å²) in [6.45, 7) is 4.26. The Morgan fingerprint density at radius 2 is 1.90 bits per heavy atom. The molecule has 116 valence electrons. The maximum atomic E-state index is 12.5. The Bertz CT molecular complexity index is 596. The van der Waals surface area contributed by atoms with Crippen LogP contribution in [-0.4, -0.2) is 37.2 Å². The van der Waals surface area contributed by atoms with E-state index in [2.05, 4.69) is 6.07 Å². The second-order valence-corrected chi connectivity index (χ2v) is 7.34. The van der Waals surface area contributed by atoms with Gasteiger partial charge in [0.25, 0.3) is 10.2 Å². The molecule has 7 heteroatoms. The second kappa shape index (κ2) is 7.76. The van der Waals surface area contributed by atoms with Crippen molar-refractivity contribution in [3.8, 4) is 6.07 Å². The first-order valence-corrected chi connectivity index (χ1v) is 8.44. The first kappa shape index (κ1) is 17.9. The third-order valence-electron chi connectivity index (χ3n) is 3.09. The van der Waals surface area contributed by atoms with E-state index in [1.165, 1.54) is 15.7 Å². The van der Waals surface area contributed by atoms with Crippen molar-refractivity contribution in [2.45, 2.75) is 20.4 Å². The molecule has 0 aliphatic heterocycles. The minimum absolute atomic E-state index is 0.195. The highest BCUT2D eigenvalue weighted by molar-refractivity contribution is 7.86. The molecule has 0 aliphatic carbocycles. The zero-order valence-corrected chi connectivity index (χ0v) is 14.0. The summed E-state index contributed by atoms with van der Waals surface area (Å²) in [6, 6.07) is 9.10. The fourth-order valence-corrected chi connectivity index (χ4v) is 3.43. The van der Waals surface area contributed by atoms with Gasteiger partial charge in [-0.3, -0.25) is 0 Å². The van der Waals surface area contributed by atoms with Crippen LogP contribution < -0.4 is 0 Å². The summed E-state index contributed by atoms with van der Waals surface area (Å²) < 4.78 is 27.6. The Morgan fingerprint density at radius 3 is 2.38 bits per heavy atom. The van der Waals surface area contributed by atoms with Crippen molar-refractivity contribution >= 4 is 21.8 Å². The van der Waals surface area contributed by atoms with Crippen LogP contribution in [0, 0.1) is 17.2 Å². The molecule has 0 radical (unpaired) electrons. The molecular weight excluding hydrogens is 310 g/mol. The van der Waals surface area contributed by atoms with Gasteiger partial charge in [-0.15, -0.1) is 0 Å². The van der Waals surface area contributed by atoms with Gasteiger partial charge in [-0.1, -0.05) is 30.7 Å². The van der Waals surface area contributed by atoms with Crippen molar-refractivity contribution in [3.05, 3.63) is 34.9 Å². The molecule has 0 heterocycles. The van der Waals surface area contributed by atoms with Crippen LogP contribution >= 0.6 is 11.6 Å². The Morgan fingerprint density at radius 1 is 1.33 bits per heavy atom. The largest absolute Gasteiger partial charge is 0.282 e. The fraction of sp³-hybridized carbons (Fsp3) is 0.500. The number of nitrogens with zero attached hydrogens (tertiary/aromatic N) is 3. The van der Waals surface area contributed by atoms with Crippen LogP contribution in [0.25, 0.3) is 0 Å². The van der Waals surface area contributed by atoms with E-state index in [1.54, 1.807) is 38.1 Å². The normalized spacial score (nSPS) is 13.4. The minimum atomic E-state index is -3.58. The molecular formula is C14H20ClN3O2S. The van der Waals surface area contributed by atoms with Crippen molar-refractivity contribution in [1.82, 2.24) is 8.61 Å². The summed E-state index contributed by atoms with van der Waals surface area (Å²) >= 11 is 5.81. The molecule has 21 heavy (non-hydrogen) atoms. The maximum Gasteiger partial charge on any atom is 0.282 e. The Labute approximate surface area is 131 Å². The van der Waals surface area contributed by atoms with E-state index < -0.39 is 10.2 Å². The lowest BCUT2D eigenvalue weighted by molar-refractivity contribution is 0.350. The smallest absolute Gasteiger partial charge is 0.198 e. The molecule has 0 N–H and O–H groups in total. The Balaban J connectivity index is 2.84. The second-order valence-electron chi connectivity index (χ2n) is 4.87. The van der Waals surface area contributed by atoms with Gasteiger partial charge in [0.15, 0.2) is 0 Å². The summed E-state index contributed by atoms with van der Waals surface area (Å²) in [5.41, 5.74) is 0.856. The highest BCUT2D eigenvalue weighted by Crippen LogP contribution is 2.15. The molecule has 0 amide bonds. The standard InChI is InChI=1S/C14H20ClN3O2S/c1-4-18(10-12(2)9-16)21(19,20)17(3)11-13-5-7-14(15)8-6-13/h5-8,12H,4,10-11H2,1-3H3. The molecule has 0 saturated heterocycles. The number of rotatable bonds is 7. The van der Waals surface area contributed by atoms with Gasteiger partial charge in [0.1, 0.15) is 0 Å². The van der Waals surface area contributed by atoms with Crippen molar-refractivity contribution < 1.29 is 8.42 Å². The molecule has 1 rings (SSSR count).